The summed E-state index contributed by atoms with van der Waals surface area (Å²) in [5, 5.41) is 0. The molecule has 0 saturated heterocycles. The largest absolute Gasteiger partial charge is 0.417 e. The molecule has 1 aliphatic rings. The summed E-state index contributed by atoms with van der Waals surface area (Å²) >= 11 is 1.16. The van der Waals surface area contributed by atoms with Crippen molar-refractivity contribution in [2.45, 2.75) is 29.8 Å². The maximum Gasteiger partial charge on any atom is 0.417 e. The number of alkyl halides is 3. The molecule has 0 aliphatic heterocycles. The Hall–Kier alpha value is -0.640. The second-order valence-electron chi connectivity index (χ2n) is 3.73. The minimum atomic E-state index is -4.24. The zero-order valence-corrected chi connectivity index (χ0v) is 9.08. The van der Waals surface area contributed by atoms with Crippen LogP contribution in [0.2, 0.25) is 0 Å². The summed E-state index contributed by atoms with van der Waals surface area (Å²) in [7, 11) is 0. The van der Waals surface area contributed by atoms with E-state index in [9.17, 15) is 13.2 Å². The molecule has 0 N–H and O–H groups in total. The minimum absolute atomic E-state index is 0.340. The van der Waals surface area contributed by atoms with Crippen molar-refractivity contribution in [2.24, 2.45) is 0 Å². The molecule has 0 nitrogen and oxygen atoms in total. The van der Waals surface area contributed by atoms with E-state index in [1.165, 1.54) is 6.07 Å². The average molecular weight is 232 g/mol. The van der Waals surface area contributed by atoms with Gasteiger partial charge in [0.05, 0.1) is 5.56 Å². The van der Waals surface area contributed by atoms with Crippen molar-refractivity contribution in [2.75, 3.05) is 6.26 Å². The molecule has 2 rings (SSSR count). The van der Waals surface area contributed by atoms with E-state index in [0.29, 0.717) is 10.8 Å². The van der Waals surface area contributed by atoms with Crippen LogP contribution in [0.1, 0.15) is 29.9 Å². The number of benzene rings is 1. The van der Waals surface area contributed by atoms with E-state index in [0.717, 1.165) is 30.2 Å². The number of thioether (sulfide) groups is 1. The monoisotopic (exact) mass is 232 g/mol. The summed E-state index contributed by atoms with van der Waals surface area (Å²) in [5.74, 6) is 0.498. The zero-order valence-electron chi connectivity index (χ0n) is 8.27. The topological polar surface area (TPSA) is 0 Å². The molecular weight excluding hydrogens is 221 g/mol. The van der Waals surface area contributed by atoms with Gasteiger partial charge in [0.25, 0.3) is 0 Å². The quantitative estimate of drug-likeness (QED) is 0.685. The summed E-state index contributed by atoms with van der Waals surface area (Å²) in [6, 6.07) is 4.50. The summed E-state index contributed by atoms with van der Waals surface area (Å²) in [5.41, 5.74) is 0.534. The van der Waals surface area contributed by atoms with Crippen LogP contribution in [0.15, 0.2) is 23.1 Å². The van der Waals surface area contributed by atoms with Crippen LogP contribution in [0, 0.1) is 0 Å². The van der Waals surface area contributed by atoms with Gasteiger partial charge < -0.3 is 0 Å². The van der Waals surface area contributed by atoms with Gasteiger partial charge in [-0.25, -0.2) is 0 Å². The number of hydrogen-bond donors (Lipinski definition) is 0. The number of rotatable bonds is 2. The zero-order chi connectivity index (χ0) is 11.1. The Bertz CT molecular complexity index is 367. The highest BCUT2D eigenvalue weighted by Gasteiger charge is 2.34. The van der Waals surface area contributed by atoms with Crippen LogP contribution in [0.25, 0.3) is 0 Å². The molecule has 1 aromatic rings. The molecule has 0 spiro atoms. The standard InChI is InChI=1S/C11H11F3S/c1-15-10-6-8(7-2-3-7)4-5-9(10)11(12,13)14/h4-7H,2-3H2,1H3. The SMILES string of the molecule is CSc1cc(C2CC2)ccc1C(F)(F)F. The van der Waals surface area contributed by atoms with Crippen LogP contribution in [0.3, 0.4) is 0 Å². The van der Waals surface area contributed by atoms with Gasteiger partial charge in [0.2, 0.25) is 0 Å². The Balaban J connectivity index is 2.39. The fourth-order valence-corrected chi connectivity index (χ4v) is 2.27. The Morgan fingerprint density at radius 1 is 1.27 bits per heavy atom. The third-order valence-electron chi connectivity index (χ3n) is 2.58. The van der Waals surface area contributed by atoms with E-state index in [-0.39, 0.29) is 0 Å². The van der Waals surface area contributed by atoms with Crippen molar-refractivity contribution in [1.82, 2.24) is 0 Å². The molecule has 0 radical (unpaired) electrons. The summed E-state index contributed by atoms with van der Waals surface area (Å²) in [6.07, 6.45) is -0.333. The summed E-state index contributed by atoms with van der Waals surface area (Å²) in [4.78, 5) is 0.340. The molecule has 0 atom stereocenters. The Kier molecular flexibility index (Phi) is 2.71. The highest BCUT2D eigenvalue weighted by atomic mass is 32.2. The first kappa shape index (κ1) is 10.9. The van der Waals surface area contributed by atoms with Gasteiger partial charge in [-0.2, -0.15) is 13.2 Å². The van der Waals surface area contributed by atoms with E-state index < -0.39 is 11.7 Å². The van der Waals surface area contributed by atoms with Crippen LogP contribution in [-0.4, -0.2) is 6.26 Å². The normalized spacial score (nSPS) is 16.8. The van der Waals surface area contributed by atoms with E-state index in [1.54, 1.807) is 18.4 Å². The number of halogens is 3. The van der Waals surface area contributed by atoms with E-state index in [2.05, 4.69) is 0 Å². The fourth-order valence-electron chi connectivity index (χ4n) is 1.61. The van der Waals surface area contributed by atoms with E-state index in [1.807, 2.05) is 0 Å². The van der Waals surface area contributed by atoms with E-state index >= 15 is 0 Å². The van der Waals surface area contributed by atoms with Crippen molar-refractivity contribution in [1.29, 1.82) is 0 Å². The molecule has 1 saturated carbocycles. The van der Waals surface area contributed by atoms with Gasteiger partial charge in [-0.15, -0.1) is 11.8 Å². The Labute approximate surface area is 90.9 Å². The molecule has 1 aliphatic carbocycles. The predicted octanol–water partition coefficient (Wildman–Crippen LogP) is 4.30. The third-order valence-corrected chi connectivity index (χ3v) is 3.36. The first-order valence-corrected chi connectivity index (χ1v) is 6.00. The van der Waals surface area contributed by atoms with Gasteiger partial charge >= 0.3 is 6.18 Å². The first-order chi connectivity index (χ1) is 7.02. The molecular formula is C11H11F3S. The fraction of sp³-hybridized carbons (Fsp3) is 0.455. The number of hydrogen-bond acceptors (Lipinski definition) is 1. The first-order valence-electron chi connectivity index (χ1n) is 4.77. The summed E-state index contributed by atoms with van der Waals surface area (Å²) < 4.78 is 37.7. The van der Waals surface area contributed by atoms with Crippen LogP contribution in [0.4, 0.5) is 13.2 Å². The lowest BCUT2D eigenvalue weighted by atomic mass is 10.1. The molecule has 1 fully saturated rings. The van der Waals surface area contributed by atoms with Crippen LogP contribution < -0.4 is 0 Å². The molecule has 15 heavy (non-hydrogen) atoms. The average Bonchev–Trinajstić information content (AvgIpc) is 2.98. The molecule has 82 valence electrons. The highest BCUT2D eigenvalue weighted by Crippen LogP contribution is 2.43. The molecule has 1 aromatic carbocycles. The Morgan fingerprint density at radius 3 is 2.40 bits per heavy atom. The Morgan fingerprint density at radius 2 is 1.93 bits per heavy atom. The maximum atomic E-state index is 12.6. The highest BCUT2D eigenvalue weighted by molar-refractivity contribution is 7.98. The summed E-state index contributed by atoms with van der Waals surface area (Å²) in [6.45, 7) is 0. The van der Waals surface area contributed by atoms with Crippen molar-refractivity contribution >= 4 is 11.8 Å². The van der Waals surface area contributed by atoms with Crippen LogP contribution in [-0.2, 0) is 6.18 Å². The van der Waals surface area contributed by atoms with Crippen molar-refractivity contribution in [3.8, 4) is 0 Å². The van der Waals surface area contributed by atoms with Crippen molar-refractivity contribution in [3.63, 3.8) is 0 Å². The third kappa shape index (κ3) is 2.30. The lowest BCUT2D eigenvalue weighted by Gasteiger charge is -2.12. The predicted molar refractivity (Wildman–Crippen MR) is 55.2 cm³/mol. The van der Waals surface area contributed by atoms with Crippen molar-refractivity contribution < 1.29 is 13.2 Å². The lowest BCUT2D eigenvalue weighted by molar-refractivity contribution is -0.139. The lowest BCUT2D eigenvalue weighted by Crippen LogP contribution is -2.06. The molecule has 0 unspecified atom stereocenters. The minimum Gasteiger partial charge on any atom is -0.166 e. The van der Waals surface area contributed by atoms with Gasteiger partial charge in [0, 0.05) is 4.90 Å². The smallest absolute Gasteiger partial charge is 0.166 e. The molecule has 0 aromatic heterocycles. The van der Waals surface area contributed by atoms with E-state index in [4.69, 9.17) is 0 Å². The molecule has 0 bridgehead atoms. The molecule has 0 amide bonds. The molecule has 0 heterocycles. The van der Waals surface area contributed by atoms with Gasteiger partial charge in [-0.3, -0.25) is 0 Å². The van der Waals surface area contributed by atoms with Crippen LogP contribution in [0.5, 0.6) is 0 Å². The second kappa shape index (κ2) is 3.74. The second-order valence-corrected chi connectivity index (χ2v) is 4.58. The van der Waals surface area contributed by atoms with Gasteiger partial charge in [0.15, 0.2) is 0 Å². The maximum absolute atomic E-state index is 12.6. The van der Waals surface area contributed by atoms with Crippen molar-refractivity contribution in [3.05, 3.63) is 29.3 Å². The van der Waals surface area contributed by atoms with Gasteiger partial charge in [0.1, 0.15) is 0 Å². The van der Waals surface area contributed by atoms with Gasteiger partial charge in [-0.05, 0) is 42.7 Å². The molecule has 4 heteroatoms. The van der Waals surface area contributed by atoms with Crippen LogP contribution >= 0.6 is 11.8 Å². The van der Waals surface area contributed by atoms with Gasteiger partial charge in [-0.1, -0.05) is 6.07 Å².